The molecule has 2 fully saturated rings. The summed E-state index contributed by atoms with van der Waals surface area (Å²) in [7, 11) is 1.27. The number of hydrogen-bond acceptors (Lipinski definition) is 10. The van der Waals surface area contributed by atoms with E-state index >= 15 is 0 Å². The van der Waals surface area contributed by atoms with E-state index in [0.29, 0.717) is 18.4 Å². The number of fused-ring (bicyclic) bond motifs is 1. The Labute approximate surface area is 155 Å². The summed E-state index contributed by atoms with van der Waals surface area (Å²) >= 11 is 0. The topological polar surface area (TPSA) is 155 Å². The number of methoxy groups -OCH3 is 1. The van der Waals surface area contributed by atoms with Gasteiger partial charge in [0.1, 0.15) is 24.4 Å². The molecule has 154 valence electrons. The van der Waals surface area contributed by atoms with E-state index in [1.165, 1.54) is 13.4 Å². The van der Waals surface area contributed by atoms with E-state index in [0.717, 1.165) is 0 Å². The van der Waals surface area contributed by atoms with Gasteiger partial charge in [-0.25, -0.2) is 4.79 Å². The van der Waals surface area contributed by atoms with Crippen molar-refractivity contribution < 1.29 is 49.3 Å². The maximum absolute atomic E-state index is 12.0. The van der Waals surface area contributed by atoms with Gasteiger partial charge in [0.2, 0.25) is 6.29 Å². The van der Waals surface area contributed by atoms with Crippen LogP contribution in [0.1, 0.15) is 12.8 Å². The first kappa shape index (κ1) is 20.5. The second kappa shape index (κ2) is 8.39. The highest BCUT2D eigenvalue weighted by Crippen LogP contribution is 2.47. The van der Waals surface area contributed by atoms with Crippen LogP contribution >= 0.6 is 0 Å². The number of hydrogen-bond donors (Lipinski definition) is 5. The van der Waals surface area contributed by atoms with Crippen LogP contribution in [0, 0.1) is 17.8 Å². The molecule has 0 radical (unpaired) electrons. The predicted molar refractivity (Wildman–Crippen MR) is 86.6 cm³/mol. The molecule has 1 saturated heterocycles. The van der Waals surface area contributed by atoms with Crippen LogP contribution in [0.25, 0.3) is 0 Å². The van der Waals surface area contributed by atoms with Crippen molar-refractivity contribution in [3.63, 3.8) is 0 Å². The fourth-order valence-corrected chi connectivity index (χ4v) is 4.17. The average Bonchev–Trinajstić information content (AvgIpc) is 3.12. The molecular formula is C17H26O10. The first-order valence-electron chi connectivity index (χ1n) is 8.93. The Hall–Kier alpha value is -1.27. The third kappa shape index (κ3) is 3.70. The van der Waals surface area contributed by atoms with E-state index in [2.05, 4.69) is 0 Å². The Bertz CT molecular complexity index is 564. The van der Waals surface area contributed by atoms with Gasteiger partial charge in [0.25, 0.3) is 0 Å². The zero-order chi connectivity index (χ0) is 19.7. The summed E-state index contributed by atoms with van der Waals surface area (Å²) in [6, 6.07) is 0. The summed E-state index contributed by atoms with van der Waals surface area (Å²) in [5.74, 6) is -1.35. The van der Waals surface area contributed by atoms with Gasteiger partial charge >= 0.3 is 5.97 Å². The van der Waals surface area contributed by atoms with Gasteiger partial charge in [-0.1, -0.05) is 0 Å². The number of rotatable bonds is 5. The van der Waals surface area contributed by atoms with Crippen LogP contribution in [-0.2, 0) is 23.7 Å². The van der Waals surface area contributed by atoms with Crippen molar-refractivity contribution in [2.24, 2.45) is 17.8 Å². The Balaban J connectivity index is 1.79. The molecule has 10 nitrogen and oxygen atoms in total. The van der Waals surface area contributed by atoms with E-state index in [4.69, 9.17) is 18.9 Å². The van der Waals surface area contributed by atoms with Crippen LogP contribution in [0.4, 0.5) is 0 Å². The van der Waals surface area contributed by atoms with Crippen LogP contribution in [0.5, 0.6) is 0 Å². The average molecular weight is 390 g/mol. The van der Waals surface area contributed by atoms with Crippen LogP contribution < -0.4 is 0 Å². The molecule has 0 spiro atoms. The molecule has 0 aromatic rings. The molecule has 1 saturated carbocycles. The number of carbonyl (C=O) groups excluding carboxylic acids is 1. The minimum Gasteiger partial charge on any atom is -0.472 e. The predicted octanol–water partition coefficient (Wildman–Crippen LogP) is -2.15. The van der Waals surface area contributed by atoms with E-state index in [1.54, 1.807) is 0 Å². The zero-order valence-electron chi connectivity index (χ0n) is 14.9. The van der Waals surface area contributed by atoms with Crippen molar-refractivity contribution >= 4 is 5.97 Å². The molecule has 0 amide bonds. The molecule has 1 aliphatic carbocycles. The minimum absolute atomic E-state index is 0.131. The van der Waals surface area contributed by atoms with Crippen LogP contribution in [0.2, 0.25) is 0 Å². The number of aliphatic hydroxyl groups excluding tert-OH is 5. The molecule has 0 aromatic heterocycles. The molecular weight excluding hydrogens is 364 g/mol. The molecule has 3 rings (SSSR count). The summed E-state index contributed by atoms with van der Waals surface area (Å²) in [5, 5.41) is 48.9. The largest absolute Gasteiger partial charge is 0.472 e. The van der Waals surface area contributed by atoms with Crippen molar-refractivity contribution in [3.8, 4) is 0 Å². The SMILES string of the molecule is COC(=O)C1=CO[C@@H](O[C@@H]2O[C@H](CO)[C@@H](O)[C@H](O)[C@@H]2O)[C@H]2[C@@H](CO)CC[C@H]12. The molecule has 9 atom stereocenters. The van der Waals surface area contributed by atoms with E-state index in [1.807, 2.05) is 0 Å². The first-order valence-corrected chi connectivity index (χ1v) is 8.93. The van der Waals surface area contributed by atoms with Crippen LogP contribution in [-0.4, -0.2) is 88.8 Å². The highest BCUT2D eigenvalue weighted by molar-refractivity contribution is 5.89. The second-order valence-electron chi connectivity index (χ2n) is 7.11. The lowest BCUT2D eigenvalue weighted by Gasteiger charge is -2.43. The summed E-state index contributed by atoms with van der Waals surface area (Å²) < 4.78 is 21.4. The minimum atomic E-state index is -1.57. The highest BCUT2D eigenvalue weighted by Gasteiger charge is 2.51. The van der Waals surface area contributed by atoms with E-state index < -0.39 is 49.6 Å². The molecule has 2 heterocycles. The van der Waals surface area contributed by atoms with Crippen molar-refractivity contribution in [2.75, 3.05) is 20.3 Å². The lowest BCUT2D eigenvalue weighted by molar-refractivity contribution is -0.342. The fraction of sp³-hybridized carbons (Fsp3) is 0.824. The van der Waals surface area contributed by atoms with Gasteiger partial charge in [-0.15, -0.1) is 0 Å². The standard InChI is InChI=1S/C17H26O10/c1-24-15(23)9-6-25-16(11-7(4-18)2-3-8(9)11)27-17-14(22)13(21)12(20)10(5-19)26-17/h6-8,10-14,16-22H,2-5H2,1H3/t7-,8-,10-,11+,12-,13+,14+,16+,17+/m1/s1. The van der Waals surface area contributed by atoms with E-state index in [9.17, 15) is 30.3 Å². The molecule has 3 aliphatic rings. The summed E-state index contributed by atoms with van der Waals surface area (Å²) in [6.07, 6.45) is -5.51. The van der Waals surface area contributed by atoms with Gasteiger partial charge < -0.3 is 44.5 Å². The summed E-state index contributed by atoms with van der Waals surface area (Å²) in [5.41, 5.74) is 0.354. The van der Waals surface area contributed by atoms with Gasteiger partial charge in [-0.05, 0) is 18.8 Å². The van der Waals surface area contributed by atoms with Gasteiger partial charge in [-0.3, -0.25) is 0 Å². The molecule has 0 aromatic carbocycles. The maximum Gasteiger partial charge on any atom is 0.337 e. The highest BCUT2D eigenvalue weighted by atomic mass is 16.8. The molecule has 0 unspecified atom stereocenters. The lowest BCUT2D eigenvalue weighted by Crippen LogP contribution is -2.60. The Kier molecular flexibility index (Phi) is 6.36. The van der Waals surface area contributed by atoms with Gasteiger partial charge in [0.05, 0.1) is 25.6 Å². The lowest BCUT2D eigenvalue weighted by atomic mass is 9.83. The monoisotopic (exact) mass is 390 g/mol. The molecule has 27 heavy (non-hydrogen) atoms. The van der Waals surface area contributed by atoms with Crippen molar-refractivity contribution in [2.45, 2.75) is 49.8 Å². The normalized spacial score (nSPS) is 44.2. The number of carbonyl (C=O) groups is 1. The molecule has 10 heteroatoms. The van der Waals surface area contributed by atoms with Crippen LogP contribution in [0.15, 0.2) is 11.8 Å². The van der Waals surface area contributed by atoms with Crippen molar-refractivity contribution in [1.82, 2.24) is 0 Å². The van der Waals surface area contributed by atoms with Crippen LogP contribution in [0.3, 0.4) is 0 Å². The third-order valence-corrected chi connectivity index (χ3v) is 5.67. The van der Waals surface area contributed by atoms with Crippen molar-refractivity contribution in [1.29, 1.82) is 0 Å². The Morgan fingerprint density at radius 2 is 1.85 bits per heavy atom. The van der Waals surface area contributed by atoms with Gasteiger partial charge in [-0.2, -0.15) is 0 Å². The number of aliphatic hydroxyl groups is 5. The molecule has 0 bridgehead atoms. The summed E-state index contributed by atoms with van der Waals surface area (Å²) in [4.78, 5) is 12.0. The number of esters is 1. The third-order valence-electron chi connectivity index (χ3n) is 5.67. The summed E-state index contributed by atoms with van der Waals surface area (Å²) in [6.45, 7) is -0.707. The fourth-order valence-electron chi connectivity index (χ4n) is 4.17. The smallest absolute Gasteiger partial charge is 0.337 e. The molecule has 2 aliphatic heterocycles. The van der Waals surface area contributed by atoms with Gasteiger partial charge in [0, 0.05) is 18.4 Å². The van der Waals surface area contributed by atoms with E-state index in [-0.39, 0.29) is 24.4 Å². The Morgan fingerprint density at radius 3 is 2.48 bits per heavy atom. The van der Waals surface area contributed by atoms with Gasteiger partial charge in [0.15, 0.2) is 6.29 Å². The Morgan fingerprint density at radius 1 is 1.11 bits per heavy atom. The molecule has 5 N–H and O–H groups in total. The maximum atomic E-state index is 12.0. The zero-order valence-corrected chi connectivity index (χ0v) is 14.9. The van der Waals surface area contributed by atoms with Crippen molar-refractivity contribution in [3.05, 3.63) is 11.8 Å². The first-order chi connectivity index (χ1) is 12.9. The number of ether oxygens (including phenoxy) is 4. The quantitative estimate of drug-likeness (QED) is 0.328. The second-order valence-corrected chi connectivity index (χ2v) is 7.11.